The molecule has 1 aliphatic heterocycles. The maximum atomic E-state index is 9.40. The maximum absolute atomic E-state index is 9.40. The van der Waals surface area contributed by atoms with E-state index in [1.807, 2.05) is 43.3 Å². The molecule has 25 heavy (non-hydrogen) atoms. The van der Waals surface area contributed by atoms with Gasteiger partial charge >= 0.3 is 0 Å². The van der Waals surface area contributed by atoms with Gasteiger partial charge in [-0.25, -0.2) is 0 Å². The summed E-state index contributed by atoms with van der Waals surface area (Å²) in [7, 11) is 0. The Hall–Kier alpha value is -2.00. The Balaban J connectivity index is 1.80. The van der Waals surface area contributed by atoms with Crippen LogP contribution in [0.5, 0.6) is 5.75 Å². The number of aliphatic hydroxyl groups excluding tert-OH is 1. The molecule has 0 spiro atoms. The fourth-order valence-electron chi connectivity index (χ4n) is 3.30. The number of hydrogen-bond donors (Lipinski definition) is 1. The van der Waals surface area contributed by atoms with E-state index >= 15 is 0 Å². The molecule has 0 aromatic heterocycles. The van der Waals surface area contributed by atoms with E-state index in [1.54, 1.807) is 6.08 Å². The van der Waals surface area contributed by atoms with Crippen molar-refractivity contribution in [2.45, 2.75) is 33.1 Å². The highest BCUT2D eigenvalue weighted by atomic mass is 16.5. The second-order valence-electron chi connectivity index (χ2n) is 6.87. The number of benzene rings is 1. The average Bonchev–Trinajstić information content (AvgIpc) is 2.59. The monoisotopic (exact) mass is 341 g/mol. The van der Waals surface area contributed by atoms with Crippen LogP contribution in [0.3, 0.4) is 0 Å². The second kappa shape index (κ2) is 10.1. The Labute approximate surface area is 152 Å². The van der Waals surface area contributed by atoms with Crippen LogP contribution in [-0.4, -0.2) is 36.2 Å². The van der Waals surface area contributed by atoms with Gasteiger partial charge in [0.15, 0.2) is 0 Å². The zero-order chi connectivity index (χ0) is 18.1. The molecule has 1 fully saturated rings. The highest BCUT2D eigenvalue weighted by Crippen LogP contribution is 2.21. The van der Waals surface area contributed by atoms with Crippen molar-refractivity contribution in [2.24, 2.45) is 5.92 Å². The molecule has 3 heteroatoms. The SMILES string of the molecule is C=C(O)/C=C(\C=C/C)c1ccc(OCCCN2CCC[C@H](C)C2)cc1. The van der Waals surface area contributed by atoms with E-state index in [0.717, 1.165) is 42.4 Å². The van der Waals surface area contributed by atoms with Gasteiger partial charge in [-0.2, -0.15) is 0 Å². The number of rotatable bonds is 8. The third kappa shape index (κ3) is 6.79. The van der Waals surface area contributed by atoms with Gasteiger partial charge in [0.05, 0.1) is 6.61 Å². The largest absolute Gasteiger partial charge is 0.509 e. The molecule has 3 nitrogen and oxygen atoms in total. The molecule has 1 aliphatic rings. The Bertz CT molecular complexity index is 601. The molecule has 136 valence electrons. The van der Waals surface area contributed by atoms with E-state index in [1.165, 1.54) is 25.9 Å². The molecule has 1 aromatic carbocycles. The first-order valence-electron chi connectivity index (χ1n) is 9.26. The number of ether oxygens (including phenoxy) is 1. The summed E-state index contributed by atoms with van der Waals surface area (Å²) in [6.07, 6.45) is 9.31. The number of nitrogens with zero attached hydrogens (tertiary/aromatic N) is 1. The first kappa shape index (κ1) is 19.3. The minimum absolute atomic E-state index is 0.0560. The molecule has 0 saturated carbocycles. The van der Waals surface area contributed by atoms with Crippen LogP contribution in [0, 0.1) is 5.92 Å². The molecule has 0 amide bonds. The van der Waals surface area contributed by atoms with E-state index in [9.17, 15) is 5.11 Å². The molecule has 1 atom stereocenters. The van der Waals surface area contributed by atoms with Gasteiger partial charge in [-0.15, -0.1) is 0 Å². The summed E-state index contributed by atoms with van der Waals surface area (Å²) in [6, 6.07) is 7.98. The lowest BCUT2D eigenvalue weighted by atomic mass is 10.0. The molecule has 0 bridgehead atoms. The minimum Gasteiger partial charge on any atom is -0.509 e. The predicted octanol–water partition coefficient (Wildman–Crippen LogP) is 5.22. The predicted molar refractivity (Wildman–Crippen MR) is 106 cm³/mol. The van der Waals surface area contributed by atoms with Crippen molar-refractivity contribution in [1.29, 1.82) is 0 Å². The lowest BCUT2D eigenvalue weighted by molar-refractivity contribution is 0.170. The molecule has 1 saturated heterocycles. The smallest absolute Gasteiger partial charge is 0.119 e. The van der Waals surface area contributed by atoms with E-state index in [0.29, 0.717) is 0 Å². The Morgan fingerprint density at radius 3 is 2.76 bits per heavy atom. The topological polar surface area (TPSA) is 32.7 Å². The molecule has 0 aliphatic carbocycles. The molecule has 1 aromatic rings. The van der Waals surface area contributed by atoms with Crippen molar-refractivity contribution in [1.82, 2.24) is 4.90 Å². The van der Waals surface area contributed by atoms with Crippen LogP contribution in [-0.2, 0) is 0 Å². The van der Waals surface area contributed by atoms with Crippen molar-refractivity contribution < 1.29 is 9.84 Å². The number of likely N-dealkylation sites (tertiary alicyclic amines) is 1. The van der Waals surface area contributed by atoms with Crippen LogP contribution in [0.15, 0.2) is 54.8 Å². The van der Waals surface area contributed by atoms with Gasteiger partial charge in [0.25, 0.3) is 0 Å². The normalized spacial score (nSPS) is 19.3. The van der Waals surface area contributed by atoms with Crippen LogP contribution in [0.1, 0.15) is 38.7 Å². The van der Waals surface area contributed by atoms with Crippen LogP contribution >= 0.6 is 0 Å². The minimum atomic E-state index is 0.0560. The van der Waals surface area contributed by atoms with Gasteiger partial charge in [-0.3, -0.25) is 0 Å². The summed E-state index contributed by atoms with van der Waals surface area (Å²) < 4.78 is 5.87. The van der Waals surface area contributed by atoms with Crippen LogP contribution in [0.25, 0.3) is 5.57 Å². The summed E-state index contributed by atoms with van der Waals surface area (Å²) >= 11 is 0. The summed E-state index contributed by atoms with van der Waals surface area (Å²) in [6.45, 7) is 12.1. The van der Waals surface area contributed by atoms with Gasteiger partial charge in [-0.1, -0.05) is 37.8 Å². The van der Waals surface area contributed by atoms with Gasteiger partial charge < -0.3 is 14.7 Å². The van der Waals surface area contributed by atoms with Crippen molar-refractivity contribution in [3.05, 3.63) is 60.4 Å². The Kier molecular flexibility index (Phi) is 7.80. The van der Waals surface area contributed by atoms with Gasteiger partial charge in [-0.05, 0) is 68.0 Å². The first-order valence-corrected chi connectivity index (χ1v) is 9.26. The highest BCUT2D eigenvalue weighted by molar-refractivity contribution is 5.75. The van der Waals surface area contributed by atoms with E-state index in [4.69, 9.17) is 4.74 Å². The fourth-order valence-corrected chi connectivity index (χ4v) is 3.30. The standard InChI is InChI=1S/C22H31NO2/c1-4-7-21(16-19(3)24)20-9-11-22(12-10-20)25-15-6-14-23-13-5-8-18(2)17-23/h4,7,9-12,16,18,24H,3,5-6,8,13-15,17H2,1-2H3/b7-4-,21-16+/t18-/m0/s1. The Morgan fingerprint density at radius 1 is 1.36 bits per heavy atom. The number of aliphatic hydroxyl groups is 1. The summed E-state index contributed by atoms with van der Waals surface area (Å²) in [5.41, 5.74) is 1.96. The van der Waals surface area contributed by atoms with Crippen molar-refractivity contribution in [3.8, 4) is 5.75 Å². The van der Waals surface area contributed by atoms with Crippen LogP contribution in [0.2, 0.25) is 0 Å². The number of hydrogen-bond acceptors (Lipinski definition) is 3. The van der Waals surface area contributed by atoms with Gasteiger partial charge in [0, 0.05) is 13.1 Å². The molecule has 1 N–H and O–H groups in total. The van der Waals surface area contributed by atoms with Crippen LogP contribution < -0.4 is 4.74 Å². The van der Waals surface area contributed by atoms with Crippen molar-refractivity contribution >= 4 is 5.57 Å². The quantitative estimate of drug-likeness (QED) is 0.400. The number of piperidine rings is 1. The van der Waals surface area contributed by atoms with Crippen molar-refractivity contribution in [2.75, 3.05) is 26.2 Å². The molecule has 0 radical (unpaired) electrons. The van der Waals surface area contributed by atoms with E-state index < -0.39 is 0 Å². The summed E-state index contributed by atoms with van der Waals surface area (Å²) in [5.74, 6) is 1.77. The van der Waals surface area contributed by atoms with E-state index in [2.05, 4.69) is 18.4 Å². The zero-order valence-electron chi connectivity index (χ0n) is 15.6. The second-order valence-corrected chi connectivity index (χ2v) is 6.87. The lowest BCUT2D eigenvalue weighted by Crippen LogP contribution is -2.35. The molecule has 1 heterocycles. The zero-order valence-corrected chi connectivity index (χ0v) is 15.6. The summed E-state index contributed by atoms with van der Waals surface area (Å²) in [4.78, 5) is 2.55. The first-order chi connectivity index (χ1) is 12.1. The van der Waals surface area contributed by atoms with E-state index in [-0.39, 0.29) is 5.76 Å². The van der Waals surface area contributed by atoms with Gasteiger partial charge in [0.2, 0.25) is 0 Å². The molecule has 2 rings (SSSR count). The van der Waals surface area contributed by atoms with Gasteiger partial charge in [0.1, 0.15) is 11.5 Å². The lowest BCUT2D eigenvalue weighted by Gasteiger charge is -2.30. The maximum Gasteiger partial charge on any atom is 0.119 e. The molecule has 0 unspecified atom stereocenters. The fraction of sp³-hybridized carbons (Fsp3) is 0.455. The third-order valence-electron chi connectivity index (χ3n) is 4.48. The van der Waals surface area contributed by atoms with Crippen molar-refractivity contribution in [3.63, 3.8) is 0 Å². The summed E-state index contributed by atoms with van der Waals surface area (Å²) in [5, 5.41) is 9.40. The average molecular weight is 341 g/mol. The molecular formula is C22H31NO2. The number of allylic oxidation sites excluding steroid dienone is 4. The third-order valence-corrected chi connectivity index (χ3v) is 4.48. The highest BCUT2D eigenvalue weighted by Gasteiger charge is 2.15. The van der Waals surface area contributed by atoms with Crippen LogP contribution in [0.4, 0.5) is 0 Å². The molecular weight excluding hydrogens is 310 g/mol. The Morgan fingerprint density at radius 2 is 2.12 bits per heavy atom.